The van der Waals surface area contributed by atoms with Gasteiger partial charge in [0.25, 0.3) is 5.69 Å². The highest BCUT2D eigenvalue weighted by Crippen LogP contribution is 2.16. The van der Waals surface area contributed by atoms with Gasteiger partial charge in [-0.15, -0.1) is 10.2 Å². The monoisotopic (exact) mass is 320 g/mol. The van der Waals surface area contributed by atoms with E-state index in [-0.39, 0.29) is 5.69 Å². The van der Waals surface area contributed by atoms with Gasteiger partial charge in [-0.05, 0) is 11.6 Å². The molecule has 0 atom stereocenters. The molecule has 114 valence electrons. The van der Waals surface area contributed by atoms with E-state index in [1.165, 1.54) is 35.6 Å². The Morgan fingerprint density at radius 2 is 2.32 bits per heavy atom. The highest BCUT2D eigenvalue weighted by molar-refractivity contribution is 7.15. The Hall–Kier alpha value is -2.65. The maximum Gasteiger partial charge on any atom is 0.270 e. The summed E-state index contributed by atoms with van der Waals surface area (Å²) in [7, 11) is 1.54. The van der Waals surface area contributed by atoms with Crippen molar-refractivity contribution in [2.45, 2.75) is 6.61 Å². The largest absolute Gasteiger partial charge is 0.377 e. The first-order valence-electron chi connectivity index (χ1n) is 6.13. The first kappa shape index (κ1) is 15.7. The Balaban J connectivity index is 1.98. The van der Waals surface area contributed by atoms with Crippen LogP contribution < -0.4 is 5.32 Å². The first-order valence-corrected chi connectivity index (χ1v) is 6.95. The molecule has 0 saturated carbocycles. The highest BCUT2D eigenvalue weighted by Gasteiger charge is 2.07. The molecule has 9 heteroatoms. The second kappa shape index (κ2) is 7.38. The van der Waals surface area contributed by atoms with Crippen molar-refractivity contribution in [1.29, 1.82) is 0 Å². The molecule has 1 N–H and O–H groups in total. The van der Waals surface area contributed by atoms with Gasteiger partial charge in [-0.25, -0.2) is 0 Å². The predicted molar refractivity (Wildman–Crippen MR) is 81.4 cm³/mol. The molecule has 0 bridgehead atoms. The number of benzene rings is 1. The molecule has 0 spiro atoms. The van der Waals surface area contributed by atoms with Crippen LogP contribution in [0.25, 0.3) is 6.08 Å². The fourth-order valence-corrected chi connectivity index (χ4v) is 2.26. The number of hydrogen-bond acceptors (Lipinski definition) is 7. The standard InChI is InChI=1S/C13H12N4O4S/c1-21-8-12-15-16-13(22-12)14-11(18)6-5-9-3-2-4-10(7-9)17(19)20/h2-7H,8H2,1H3,(H,14,16,18). The molecule has 0 radical (unpaired) electrons. The molecule has 0 aliphatic rings. The Morgan fingerprint density at radius 1 is 1.50 bits per heavy atom. The number of amides is 1. The van der Waals surface area contributed by atoms with Crippen molar-refractivity contribution in [3.8, 4) is 0 Å². The van der Waals surface area contributed by atoms with Crippen molar-refractivity contribution in [3.05, 3.63) is 51.0 Å². The summed E-state index contributed by atoms with van der Waals surface area (Å²) in [6, 6.07) is 5.98. The molecule has 1 aromatic carbocycles. The van der Waals surface area contributed by atoms with E-state index < -0.39 is 10.8 Å². The van der Waals surface area contributed by atoms with Gasteiger partial charge < -0.3 is 4.74 Å². The third-order valence-corrected chi connectivity index (χ3v) is 3.29. The van der Waals surface area contributed by atoms with Crippen molar-refractivity contribution in [2.24, 2.45) is 0 Å². The van der Waals surface area contributed by atoms with Crippen molar-refractivity contribution in [3.63, 3.8) is 0 Å². The molecular formula is C13H12N4O4S. The Labute approximate surface area is 129 Å². The van der Waals surface area contributed by atoms with E-state index >= 15 is 0 Å². The minimum atomic E-state index is -0.490. The normalized spacial score (nSPS) is 10.8. The van der Waals surface area contributed by atoms with Gasteiger partial charge in [-0.2, -0.15) is 0 Å². The van der Waals surface area contributed by atoms with Crippen molar-refractivity contribution < 1.29 is 14.5 Å². The smallest absolute Gasteiger partial charge is 0.270 e. The van der Waals surface area contributed by atoms with Crippen LogP contribution in [0.2, 0.25) is 0 Å². The molecule has 8 nitrogen and oxygen atoms in total. The number of rotatable bonds is 6. The van der Waals surface area contributed by atoms with Crippen LogP contribution in [-0.2, 0) is 16.1 Å². The summed E-state index contributed by atoms with van der Waals surface area (Å²) in [5.41, 5.74) is 0.526. The fourth-order valence-electron chi connectivity index (χ4n) is 1.55. The average molecular weight is 320 g/mol. The predicted octanol–water partition coefficient (Wildman–Crippen LogP) is 2.24. The van der Waals surface area contributed by atoms with Crippen LogP contribution in [0.15, 0.2) is 30.3 Å². The van der Waals surface area contributed by atoms with Crippen molar-refractivity contribution >= 4 is 34.1 Å². The lowest BCUT2D eigenvalue weighted by atomic mass is 10.2. The summed E-state index contributed by atoms with van der Waals surface area (Å²) in [4.78, 5) is 21.9. The molecule has 0 aliphatic carbocycles. The minimum absolute atomic E-state index is 0.0316. The highest BCUT2D eigenvalue weighted by atomic mass is 32.1. The zero-order chi connectivity index (χ0) is 15.9. The lowest BCUT2D eigenvalue weighted by Gasteiger charge is -1.96. The van der Waals surface area contributed by atoms with E-state index in [0.29, 0.717) is 22.3 Å². The summed E-state index contributed by atoms with van der Waals surface area (Å²) in [6.45, 7) is 0.330. The number of nitro benzene ring substituents is 1. The van der Waals surface area contributed by atoms with Crippen LogP contribution >= 0.6 is 11.3 Å². The molecular weight excluding hydrogens is 308 g/mol. The summed E-state index contributed by atoms with van der Waals surface area (Å²) >= 11 is 1.21. The lowest BCUT2D eigenvalue weighted by molar-refractivity contribution is -0.384. The molecule has 0 aliphatic heterocycles. The van der Waals surface area contributed by atoms with Crippen LogP contribution in [0.3, 0.4) is 0 Å². The second-order valence-electron chi connectivity index (χ2n) is 4.11. The third kappa shape index (κ3) is 4.43. The van der Waals surface area contributed by atoms with Crippen LogP contribution in [0.1, 0.15) is 10.6 Å². The van der Waals surface area contributed by atoms with Crippen molar-refractivity contribution in [1.82, 2.24) is 10.2 Å². The molecule has 2 rings (SSSR count). The summed E-state index contributed by atoms with van der Waals surface area (Å²) in [6.07, 6.45) is 2.76. The number of anilines is 1. The number of ether oxygens (including phenoxy) is 1. The van der Waals surface area contributed by atoms with Crippen LogP contribution in [0, 0.1) is 10.1 Å². The molecule has 0 saturated heterocycles. The molecule has 1 heterocycles. The number of nitrogens with zero attached hydrogens (tertiary/aromatic N) is 3. The first-order chi connectivity index (χ1) is 10.6. The molecule has 0 fully saturated rings. The number of carbonyl (C=O) groups is 1. The molecule has 1 amide bonds. The number of carbonyl (C=O) groups excluding carboxylic acids is 1. The van der Waals surface area contributed by atoms with Gasteiger partial charge in [-0.1, -0.05) is 23.5 Å². The van der Waals surface area contributed by atoms with E-state index in [4.69, 9.17) is 4.74 Å². The van der Waals surface area contributed by atoms with E-state index in [1.54, 1.807) is 19.2 Å². The molecule has 22 heavy (non-hydrogen) atoms. The van der Waals surface area contributed by atoms with Gasteiger partial charge in [-0.3, -0.25) is 20.2 Å². The van der Waals surface area contributed by atoms with Crippen LogP contribution in [-0.4, -0.2) is 28.1 Å². The zero-order valence-electron chi connectivity index (χ0n) is 11.6. The molecule has 0 unspecified atom stereocenters. The van der Waals surface area contributed by atoms with E-state index in [2.05, 4.69) is 15.5 Å². The summed E-state index contributed by atoms with van der Waals surface area (Å²) in [5, 5.41) is 21.9. The SMILES string of the molecule is COCc1nnc(NC(=O)C=Cc2cccc([N+](=O)[O-])c2)s1. The number of non-ortho nitro benzene ring substituents is 1. The van der Waals surface area contributed by atoms with Crippen LogP contribution in [0.5, 0.6) is 0 Å². The number of aromatic nitrogens is 2. The third-order valence-electron chi connectivity index (χ3n) is 2.47. The fraction of sp³-hybridized carbons (Fsp3) is 0.154. The van der Waals surface area contributed by atoms with Gasteiger partial charge >= 0.3 is 0 Å². The van der Waals surface area contributed by atoms with Crippen molar-refractivity contribution in [2.75, 3.05) is 12.4 Å². The maximum atomic E-state index is 11.7. The lowest BCUT2D eigenvalue weighted by Crippen LogP contribution is -2.07. The number of nitrogens with one attached hydrogen (secondary N) is 1. The number of methoxy groups -OCH3 is 1. The Bertz CT molecular complexity index is 714. The second-order valence-corrected chi connectivity index (χ2v) is 5.17. The minimum Gasteiger partial charge on any atom is -0.377 e. The van der Waals surface area contributed by atoms with Gasteiger partial charge in [0.2, 0.25) is 11.0 Å². The Kier molecular flexibility index (Phi) is 5.28. The quantitative estimate of drug-likeness (QED) is 0.497. The number of nitro groups is 1. The molecule has 2 aromatic rings. The van der Waals surface area contributed by atoms with Gasteiger partial charge in [0.15, 0.2) is 0 Å². The maximum absolute atomic E-state index is 11.7. The van der Waals surface area contributed by atoms with E-state index in [0.717, 1.165) is 0 Å². The van der Waals surface area contributed by atoms with Gasteiger partial charge in [0.1, 0.15) is 11.6 Å². The van der Waals surface area contributed by atoms with E-state index in [1.807, 2.05) is 0 Å². The van der Waals surface area contributed by atoms with Gasteiger partial charge in [0.05, 0.1) is 4.92 Å². The molecule has 1 aromatic heterocycles. The van der Waals surface area contributed by atoms with Crippen LogP contribution in [0.4, 0.5) is 10.8 Å². The summed E-state index contributed by atoms with van der Waals surface area (Å²) < 4.78 is 4.91. The summed E-state index contributed by atoms with van der Waals surface area (Å²) in [5.74, 6) is -0.397. The van der Waals surface area contributed by atoms with Gasteiger partial charge in [0, 0.05) is 25.3 Å². The zero-order valence-corrected chi connectivity index (χ0v) is 12.4. The number of hydrogen-bond donors (Lipinski definition) is 1. The Morgan fingerprint density at radius 3 is 3.05 bits per heavy atom. The average Bonchev–Trinajstić information content (AvgIpc) is 2.93. The van der Waals surface area contributed by atoms with E-state index in [9.17, 15) is 14.9 Å². The topological polar surface area (TPSA) is 107 Å².